The Bertz CT molecular complexity index is 166. The van der Waals surface area contributed by atoms with Crippen molar-refractivity contribution in [3.05, 3.63) is 0 Å². The van der Waals surface area contributed by atoms with Crippen molar-refractivity contribution in [2.45, 2.75) is 45.6 Å². The highest BCUT2D eigenvalue weighted by molar-refractivity contribution is 5.73. The predicted octanol–water partition coefficient (Wildman–Crippen LogP) is 1.30. The van der Waals surface area contributed by atoms with E-state index in [4.69, 9.17) is 10.8 Å². The van der Waals surface area contributed by atoms with Gasteiger partial charge in [0.1, 0.15) is 6.04 Å². The van der Waals surface area contributed by atoms with Crippen LogP contribution in [0, 0.1) is 0 Å². The molecular weight excluding hydrogens is 192 g/mol. The molecule has 3 N–H and O–H groups in total. The molecule has 0 aromatic carbocycles. The summed E-state index contributed by atoms with van der Waals surface area (Å²) in [5, 5.41) is 8.73. The highest BCUT2D eigenvalue weighted by atomic mass is 16.4. The van der Waals surface area contributed by atoms with Gasteiger partial charge in [-0.2, -0.15) is 0 Å². The van der Waals surface area contributed by atoms with Gasteiger partial charge in [0.25, 0.3) is 0 Å². The highest BCUT2D eigenvalue weighted by Gasteiger charge is 2.15. The largest absolute Gasteiger partial charge is 0.480 e. The molecule has 4 heteroatoms. The van der Waals surface area contributed by atoms with Crippen LogP contribution in [0.3, 0.4) is 0 Å². The van der Waals surface area contributed by atoms with Gasteiger partial charge >= 0.3 is 5.97 Å². The number of aliphatic carboxylic acids is 1. The number of carboxylic acids is 1. The molecule has 0 aromatic heterocycles. The Labute approximate surface area is 92.4 Å². The van der Waals surface area contributed by atoms with E-state index in [1.165, 1.54) is 0 Å². The molecular formula is C11H24N2O2. The fourth-order valence-electron chi connectivity index (χ4n) is 1.41. The molecule has 0 aromatic rings. The lowest BCUT2D eigenvalue weighted by Crippen LogP contribution is -2.43. The zero-order chi connectivity index (χ0) is 11.7. The van der Waals surface area contributed by atoms with Gasteiger partial charge in [-0.15, -0.1) is 0 Å². The molecule has 90 valence electrons. The van der Waals surface area contributed by atoms with Crippen molar-refractivity contribution < 1.29 is 9.90 Å². The van der Waals surface area contributed by atoms with Crippen LogP contribution >= 0.6 is 0 Å². The number of hydrogen-bond acceptors (Lipinski definition) is 3. The van der Waals surface area contributed by atoms with Gasteiger partial charge < -0.3 is 15.7 Å². The van der Waals surface area contributed by atoms with Crippen LogP contribution in [0.1, 0.15) is 39.5 Å². The Hall–Kier alpha value is -0.610. The molecule has 0 aliphatic carbocycles. The second kappa shape index (κ2) is 8.68. The molecule has 0 amide bonds. The van der Waals surface area contributed by atoms with Crippen molar-refractivity contribution in [3.8, 4) is 0 Å². The van der Waals surface area contributed by atoms with Crippen LogP contribution in [-0.2, 0) is 4.79 Å². The second-order valence-electron chi connectivity index (χ2n) is 3.95. The number of carbonyl (C=O) groups is 1. The summed E-state index contributed by atoms with van der Waals surface area (Å²) in [5.41, 5.74) is 5.52. The summed E-state index contributed by atoms with van der Waals surface area (Å²) in [6, 6.07) is -0.751. The van der Waals surface area contributed by atoms with Crippen LogP contribution in [0.4, 0.5) is 0 Å². The highest BCUT2D eigenvalue weighted by Crippen LogP contribution is 2.00. The molecule has 0 saturated heterocycles. The minimum atomic E-state index is -0.909. The van der Waals surface area contributed by atoms with Gasteiger partial charge in [0.15, 0.2) is 0 Å². The number of hydrogen-bond donors (Lipinski definition) is 2. The summed E-state index contributed by atoms with van der Waals surface area (Å²) < 4.78 is 0. The van der Waals surface area contributed by atoms with E-state index in [-0.39, 0.29) is 0 Å². The molecule has 0 bridgehead atoms. The number of unbranched alkanes of at least 4 members (excludes halogenated alkanes) is 2. The second-order valence-corrected chi connectivity index (χ2v) is 3.95. The van der Waals surface area contributed by atoms with E-state index in [1.807, 2.05) is 0 Å². The number of nitrogens with two attached hydrogens (primary N) is 1. The zero-order valence-corrected chi connectivity index (χ0v) is 9.91. The van der Waals surface area contributed by atoms with Crippen molar-refractivity contribution in [1.82, 2.24) is 4.90 Å². The average Bonchev–Trinajstić information content (AvgIpc) is 2.21. The zero-order valence-electron chi connectivity index (χ0n) is 9.91. The van der Waals surface area contributed by atoms with Crippen LogP contribution in [0.25, 0.3) is 0 Å². The average molecular weight is 216 g/mol. The molecule has 0 fully saturated rings. The smallest absolute Gasteiger partial charge is 0.321 e. The Balaban J connectivity index is 3.92. The van der Waals surface area contributed by atoms with Crippen LogP contribution in [0.15, 0.2) is 0 Å². The van der Waals surface area contributed by atoms with E-state index in [0.29, 0.717) is 6.54 Å². The number of rotatable bonds is 9. The molecule has 0 aliphatic heterocycles. The normalized spacial score (nSPS) is 13.1. The van der Waals surface area contributed by atoms with E-state index >= 15 is 0 Å². The van der Waals surface area contributed by atoms with E-state index in [1.54, 1.807) is 0 Å². The van der Waals surface area contributed by atoms with Crippen molar-refractivity contribution in [2.24, 2.45) is 5.73 Å². The lowest BCUT2D eigenvalue weighted by molar-refractivity contribution is -0.139. The molecule has 1 atom stereocenters. The Morgan fingerprint density at radius 1 is 1.27 bits per heavy atom. The van der Waals surface area contributed by atoms with Gasteiger partial charge in [-0.25, -0.2) is 0 Å². The first-order valence-electron chi connectivity index (χ1n) is 5.82. The van der Waals surface area contributed by atoms with Gasteiger partial charge in [0, 0.05) is 6.54 Å². The standard InChI is InChI=1S/C11H24N2O2/c1-3-5-7-13(8-6-4-2)9-10(12)11(14)15/h10H,3-9,12H2,1-2H3,(H,14,15). The first kappa shape index (κ1) is 14.4. The number of nitrogens with zero attached hydrogens (tertiary/aromatic N) is 1. The molecule has 1 unspecified atom stereocenters. The van der Waals surface area contributed by atoms with Crippen LogP contribution < -0.4 is 5.73 Å². The molecule has 0 radical (unpaired) electrons. The summed E-state index contributed by atoms with van der Waals surface area (Å²) in [4.78, 5) is 12.8. The summed E-state index contributed by atoms with van der Waals surface area (Å²) in [5.74, 6) is -0.909. The quantitative estimate of drug-likeness (QED) is 0.609. The van der Waals surface area contributed by atoms with E-state index in [0.717, 1.165) is 38.8 Å². The third-order valence-corrected chi connectivity index (χ3v) is 2.43. The van der Waals surface area contributed by atoms with E-state index in [2.05, 4.69) is 18.7 Å². The molecule has 15 heavy (non-hydrogen) atoms. The summed E-state index contributed by atoms with van der Waals surface area (Å²) in [6.07, 6.45) is 4.47. The van der Waals surface area contributed by atoms with Crippen LogP contribution in [0.5, 0.6) is 0 Å². The van der Waals surface area contributed by atoms with Gasteiger partial charge in [0.05, 0.1) is 0 Å². The molecule has 0 spiro atoms. The lowest BCUT2D eigenvalue weighted by Gasteiger charge is -2.23. The topological polar surface area (TPSA) is 66.6 Å². The van der Waals surface area contributed by atoms with Gasteiger partial charge in [-0.1, -0.05) is 26.7 Å². The first-order valence-corrected chi connectivity index (χ1v) is 5.82. The van der Waals surface area contributed by atoms with Crippen molar-refractivity contribution in [1.29, 1.82) is 0 Å². The Morgan fingerprint density at radius 2 is 1.73 bits per heavy atom. The van der Waals surface area contributed by atoms with E-state index in [9.17, 15) is 4.79 Å². The summed E-state index contributed by atoms with van der Waals surface area (Å²) in [6.45, 7) is 6.65. The third kappa shape index (κ3) is 7.33. The van der Waals surface area contributed by atoms with Crippen molar-refractivity contribution in [3.63, 3.8) is 0 Å². The van der Waals surface area contributed by atoms with Gasteiger partial charge in [0.2, 0.25) is 0 Å². The summed E-state index contributed by atoms with van der Waals surface area (Å²) >= 11 is 0. The predicted molar refractivity (Wildman–Crippen MR) is 61.9 cm³/mol. The first-order chi connectivity index (χ1) is 7.11. The van der Waals surface area contributed by atoms with E-state index < -0.39 is 12.0 Å². The van der Waals surface area contributed by atoms with Crippen molar-refractivity contribution in [2.75, 3.05) is 19.6 Å². The minimum Gasteiger partial charge on any atom is -0.480 e. The third-order valence-electron chi connectivity index (χ3n) is 2.43. The Morgan fingerprint density at radius 3 is 2.07 bits per heavy atom. The maximum atomic E-state index is 10.6. The fourth-order valence-corrected chi connectivity index (χ4v) is 1.41. The van der Waals surface area contributed by atoms with Crippen LogP contribution in [-0.4, -0.2) is 41.7 Å². The SMILES string of the molecule is CCCCN(CCCC)CC(N)C(=O)O. The molecule has 4 nitrogen and oxygen atoms in total. The lowest BCUT2D eigenvalue weighted by atomic mass is 10.2. The maximum absolute atomic E-state index is 10.6. The fraction of sp³-hybridized carbons (Fsp3) is 0.909. The van der Waals surface area contributed by atoms with Crippen LogP contribution in [0.2, 0.25) is 0 Å². The van der Waals surface area contributed by atoms with Crippen molar-refractivity contribution >= 4 is 5.97 Å². The number of carboxylic acid groups (broad SMARTS) is 1. The van der Waals surface area contributed by atoms with Gasteiger partial charge in [-0.05, 0) is 25.9 Å². The molecule has 0 aliphatic rings. The maximum Gasteiger partial charge on any atom is 0.321 e. The molecule has 0 saturated carbocycles. The monoisotopic (exact) mass is 216 g/mol. The minimum absolute atomic E-state index is 0.468. The van der Waals surface area contributed by atoms with Gasteiger partial charge in [-0.3, -0.25) is 4.79 Å². The molecule has 0 rings (SSSR count). The molecule has 0 heterocycles. The summed E-state index contributed by atoms with van der Waals surface area (Å²) in [7, 11) is 0. The Kier molecular flexibility index (Phi) is 8.33.